The molecule has 0 spiro atoms. The minimum absolute atomic E-state index is 0.180. The molecule has 0 aromatic rings. The van der Waals surface area contributed by atoms with Gasteiger partial charge in [-0.25, -0.2) is 4.79 Å². The molecule has 0 atom stereocenters. The normalized spacial score (nSPS) is 9.20. The summed E-state index contributed by atoms with van der Waals surface area (Å²) in [5.41, 5.74) is 0. The van der Waals surface area contributed by atoms with E-state index in [4.69, 9.17) is 5.26 Å². The number of allylic oxidation sites excluding steroid dienone is 1. The Bertz CT molecular complexity index is 167. The number of carbonyl (C=O) groups is 1. The average Bonchev–Trinajstić information content (AvgIpc) is 1.89. The van der Waals surface area contributed by atoms with E-state index in [1.807, 2.05) is 6.07 Å². The first-order valence-electron chi connectivity index (χ1n) is 2.97. The summed E-state index contributed by atoms with van der Waals surface area (Å²) < 4.78 is 4.57. The summed E-state index contributed by atoms with van der Waals surface area (Å²) in [5.74, 6) is -0.391. The van der Waals surface area contributed by atoms with Gasteiger partial charge >= 0.3 is 5.97 Å². The van der Waals surface area contributed by atoms with Gasteiger partial charge in [-0.15, -0.1) is 0 Å². The zero-order valence-electron chi connectivity index (χ0n) is 5.83. The number of ether oxygens (including phenoxy) is 1. The van der Waals surface area contributed by atoms with Gasteiger partial charge in [-0.2, -0.15) is 5.26 Å². The fourth-order valence-electron chi connectivity index (χ4n) is 0.381. The number of nitrogens with zero attached hydrogens (tertiary/aromatic N) is 1. The molecule has 0 saturated heterocycles. The number of rotatable bonds is 3. The number of hydrogen-bond acceptors (Lipinski definition) is 3. The first-order chi connectivity index (χ1) is 4.81. The molecular formula is C7H9NO2. The van der Waals surface area contributed by atoms with E-state index in [1.165, 1.54) is 6.08 Å². The van der Waals surface area contributed by atoms with E-state index in [0.29, 0.717) is 0 Å². The topological polar surface area (TPSA) is 50.1 Å². The second-order valence-electron chi connectivity index (χ2n) is 1.58. The second kappa shape index (κ2) is 5.83. The van der Waals surface area contributed by atoms with Gasteiger partial charge in [-0.1, -0.05) is 6.08 Å². The van der Waals surface area contributed by atoms with Crippen molar-refractivity contribution in [1.82, 2.24) is 0 Å². The van der Waals surface area contributed by atoms with E-state index < -0.39 is 5.97 Å². The maximum Gasteiger partial charge on any atom is 0.330 e. The Kier molecular flexibility index (Phi) is 5.07. The highest BCUT2D eigenvalue weighted by Gasteiger charge is 1.92. The van der Waals surface area contributed by atoms with Crippen LogP contribution in [0.2, 0.25) is 0 Å². The summed E-state index contributed by atoms with van der Waals surface area (Å²) in [6.07, 6.45) is 3.16. The third kappa shape index (κ3) is 4.85. The molecule has 0 heterocycles. The van der Waals surface area contributed by atoms with E-state index in [-0.39, 0.29) is 13.0 Å². The summed E-state index contributed by atoms with van der Waals surface area (Å²) in [7, 11) is 0. The quantitative estimate of drug-likeness (QED) is 0.333. The maximum atomic E-state index is 10.5. The minimum Gasteiger partial charge on any atom is -0.461 e. The lowest BCUT2D eigenvalue weighted by Crippen LogP contribution is -2.00. The van der Waals surface area contributed by atoms with Crippen molar-refractivity contribution >= 4 is 5.97 Å². The third-order valence-electron chi connectivity index (χ3n) is 0.761. The summed E-state index contributed by atoms with van der Waals surface area (Å²) in [6.45, 7) is 1.91. The zero-order chi connectivity index (χ0) is 7.82. The number of nitriles is 1. The first-order valence-corrected chi connectivity index (χ1v) is 2.97. The summed E-state index contributed by atoms with van der Waals surface area (Å²) in [5, 5.41) is 8.05. The van der Waals surface area contributed by atoms with E-state index in [9.17, 15) is 4.79 Å². The molecule has 3 heteroatoms. The predicted molar refractivity (Wildman–Crippen MR) is 36.0 cm³/mol. The highest BCUT2D eigenvalue weighted by atomic mass is 16.5. The molecule has 10 heavy (non-hydrogen) atoms. The number of hydrogen-bond donors (Lipinski definition) is 0. The number of esters is 1. The van der Waals surface area contributed by atoms with Crippen LogP contribution in [0.1, 0.15) is 13.3 Å². The van der Waals surface area contributed by atoms with E-state index in [2.05, 4.69) is 4.74 Å². The Labute approximate surface area is 59.9 Å². The molecule has 3 nitrogen and oxygen atoms in total. The summed E-state index contributed by atoms with van der Waals surface area (Å²) in [4.78, 5) is 10.5. The fourth-order valence-corrected chi connectivity index (χ4v) is 0.381. The predicted octanol–water partition coefficient (Wildman–Crippen LogP) is 1.02. The molecule has 0 rings (SSSR count). The SMILES string of the molecule is CC=CC(=O)OCCC#N. The first kappa shape index (κ1) is 8.70. The van der Waals surface area contributed by atoms with Crippen LogP contribution in [0.5, 0.6) is 0 Å². The molecule has 54 valence electrons. The van der Waals surface area contributed by atoms with Crippen LogP contribution in [0.25, 0.3) is 0 Å². The van der Waals surface area contributed by atoms with Gasteiger partial charge < -0.3 is 4.74 Å². The van der Waals surface area contributed by atoms with Crippen molar-refractivity contribution in [3.63, 3.8) is 0 Å². The van der Waals surface area contributed by atoms with Crippen molar-refractivity contribution in [2.45, 2.75) is 13.3 Å². The average molecular weight is 139 g/mol. The van der Waals surface area contributed by atoms with Gasteiger partial charge in [0.2, 0.25) is 0 Å². The second-order valence-corrected chi connectivity index (χ2v) is 1.58. The van der Waals surface area contributed by atoms with Gasteiger partial charge in [0.15, 0.2) is 0 Å². The minimum atomic E-state index is -0.391. The molecule has 0 radical (unpaired) electrons. The molecule has 0 aliphatic heterocycles. The summed E-state index contributed by atoms with van der Waals surface area (Å²) >= 11 is 0. The Morgan fingerprint density at radius 2 is 2.50 bits per heavy atom. The van der Waals surface area contributed by atoms with E-state index in [1.54, 1.807) is 13.0 Å². The van der Waals surface area contributed by atoms with Crippen molar-refractivity contribution in [3.8, 4) is 6.07 Å². The molecule has 0 bridgehead atoms. The molecule has 0 fully saturated rings. The molecule has 0 aromatic heterocycles. The van der Waals surface area contributed by atoms with Crippen LogP contribution in [-0.2, 0) is 9.53 Å². The van der Waals surface area contributed by atoms with Crippen molar-refractivity contribution < 1.29 is 9.53 Å². The lowest BCUT2D eigenvalue weighted by molar-refractivity contribution is -0.137. The monoisotopic (exact) mass is 139 g/mol. The lowest BCUT2D eigenvalue weighted by Gasteiger charge is -1.94. The highest BCUT2D eigenvalue weighted by molar-refractivity contribution is 5.81. The van der Waals surface area contributed by atoms with Crippen LogP contribution in [0.15, 0.2) is 12.2 Å². The Morgan fingerprint density at radius 3 is 3.00 bits per heavy atom. The van der Waals surface area contributed by atoms with Crippen molar-refractivity contribution in [1.29, 1.82) is 5.26 Å². The van der Waals surface area contributed by atoms with Crippen LogP contribution in [0, 0.1) is 11.3 Å². The third-order valence-corrected chi connectivity index (χ3v) is 0.761. The van der Waals surface area contributed by atoms with Crippen molar-refractivity contribution in [3.05, 3.63) is 12.2 Å². The van der Waals surface area contributed by atoms with Gasteiger partial charge in [0.1, 0.15) is 6.61 Å². The molecule has 0 N–H and O–H groups in total. The van der Waals surface area contributed by atoms with Crippen LogP contribution < -0.4 is 0 Å². The Balaban J connectivity index is 3.33. The van der Waals surface area contributed by atoms with Gasteiger partial charge in [0.05, 0.1) is 12.5 Å². The zero-order valence-corrected chi connectivity index (χ0v) is 5.83. The molecule has 0 aromatic carbocycles. The fraction of sp³-hybridized carbons (Fsp3) is 0.429. The molecule has 0 aliphatic carbocycles. The number of carbonyl (C=O) groups excluding carboxylic acids is 1. The van der Waals surface area contributed by atoms with Crippen LogP contribution >= 0.6 is 0 Å². The van der Waals surface area contributed by atoms with Crippen LogP contribution in [0.3, 0.4) is 0 Å². The molecule has 0 aliphatic rings. The molecule has 0 amide bonds. The largest absolute Gasteiger partial charge is 0.461 e. The van der Waals surface area contributed by atoms with Crippen molar-refractivity contribution in [2.24, 2.45) is 0 Å². The smallest absolute Gasteiger partial charge is 0.330 e. The van der Waals surface area contributed by atoms with Gasteiger partial charge in [0.25, 0.3) is 0 Å². The maximum absolute atomic E-state index is 10.5. The standard InChI is InChI=1S/C7H9NO2/c1-2-4-7(9)10-6-3-5-8/h2,4H,3,6H2,1H3. The van der Waals surface area contributed by atoms with Gasteiger partial charge in [0, 0.05) is 6.08 Å². The Hall–Kier alpha value is -1.30. The van der Waals surface area contributed by atoms with Crippen LogP contribution in [-0.4, -0.2) is 12.6 Å². The van der Waals surface area contributed by atoms with E-state index in [0.717, 1.165) is 0 Å². The lowest BCUT2D eigenvalue weighted by atomic mass is 10.5. The van der Waals surface area contributed by atoms with Gasteiger partial charge in [-0.3, -0.25) is 0 Å². The van der Waals surface area contributed by atoms with Gasteiger partial charge in [-0.05, 0) is 6.92 Å². The highest BCUT2D eigenvalue weighted by Crippen LogP contribution is 1.83. The Morgan fingerprint density at radius 1 is 1.80 bits per heavy atom. The van der Waals surface area contributed by atoms with E-state index >= 15 is 0 Å². The molecular weight excluding hydrogens is 130 g/mol. The molecule has 0 saturated carbocycles. The summed E-state index contributed by atoms with van der Waals surface area (Å²) in [6, 6.07) is 1.86. The van der Waals surface area contributed by atoms with Crippen molar-refractivity contribution in [2.75, 3.05) is 6.61 Å². The molecule has 0 unspecified atom stereocenters. The van der Waals surface area contributed by atoms with Crippen LogP contribution in [0.4, 0.5) is 0 Å².